The molecule has 1 unspecified atom stereocenters. The van der Waals surface area contributed by atoms with Gasteiger partial charge < -0.3 is 9.14 Å². The highest BCUT2D eigenvalue weighted by Gasteiger charge is 2.35. The quantitative estimate of drug-likeness (QED) is 0.461. The van der Waals surface area contributed by atoms with Crippen molar-refractivity contribution >= 4 is 17.4 Å². The van der Waals surface area contributed by atoms with Gasteiger partial charge in [-0.3, -0.25) is 9.59 Å². The average molecular weight is 444 g/mol. The van der Waals surface area contributed by atoms with E-state index in [0.717, 1.165) is 6.07 Å². The van der Waals surface area contributed by atoms with Crippen LogP contribution in [0.4, 0.5) is 13.2 Å². The molecule has 8 heteroatoms. The third kappa shape index (κ3) is 5.28. The second-order valence-electron chi connectivity index (χ2n) is 7.95. The number of pyridine rings is 1. The van der Waals surface area contributed by atoms with Gasteiger partial charge in [-0.2, -0.15) is 13.2 Å². The number of nitrogens with zero attached hydrogens (tertiary/aromatic N) is 2. The number of imidazole rings is 1. The van der Waals surface area contributed by atoms with Crippen LogP contribution in [0.5, 0.6) is 0 Å². The molecule has 0 saturated heterocycles. The Morgan fingerprint density at radius 3 is 2.53 bits per heavy atom. The molecule has 0 fully saturated rings. The minimum atomic E-state index is -4.61. The first-order chi connectivity index (χ1) is 15.1. The highest BCUT2D eigenvalue weighted by Crippen LogP contribution is 2.35. The van der Waals surface area contributed by atoms with Crippen molar-refractivity contribution in [3.63, 3.8) is 0 Å². The fourth-order valence-corrected chi connectivity index (χ4v) is 3.61. The smallest absolute Gasteiger partial charge is 0.420 e. The highest BCUT2D eigenvalue weighted by atomic mass is 19.4. The number of rotatable bonds is 8. The predicted octanol–water partition coefficient (Wildman–Crippen LogP) is 4.96. The van der Waals surface area contributed by atoms with Crippen LogP contribution >= 0.6 is 0 Å². The minimum Gasteiger partial charge on any atom is -0.469 e. The fraction of sp³-hybridized carbons (Fsp3) is 0.375. The van der Waals surface area contributed by atoms with E-state index in [0.29, 0.717) is 17.5 Å². The molecule has 0 aliphatic heterocycles. The van der Waals surface area contributed by atoms with Gasteiger partial charge in [0.15, 0.2) is 0 Å². The van der Waals surface area contributed by atoms with E-state index in [-0.39, 0.29) is 41.9 Å². The summed E-state index contributed by atoms with van der Waals surface area (Å²) in [6.45, 7) is 3.74. The molecule has 32 heavy (non-hydrogen) atoms. The molecule has 168 valence electrons. The van der Waals surface area contributed by atoms with Gasteiger partial charge in [-0.25, -0.2) is 4.98 Å². The van der Waals surface area contributed by atoms with E-state index in [1.54, 1.807) is 24.4 Å². The van der Waals surface area contributed by atoms with Gasteiger partial charge in [-0.1, -0.05) is 26.0 Å². The van der Waals surface area contributed by atoms with E-state index < -0.39 is 17.7 Å². The molecule has 0 bridgehead atoms. The number of carbonyl (C=O) groups is 2. The molecular weight excluding hydrogens is 421 g/mol. The molecule has 2 heterocycles. The van der Waals surface area contributed by atoms with Gasteiger partial charge in [0, 0.05) is 18.8 Å². The normalized spacial score (nSPS) is 12.6. The van der Waals surface area contributed by atoms with Crippen molar-refractivity contribution in [2.75, 3.05) is 7.11 Å². The third-order valence-electron chi connectivity index (χ3n) is 5.32. The lowest BCUT2D eigenvalue weighted by Gasteiger charge is -2.17. The summed E-state index contributed by atoms with van der Waals surface area (Å²) in [6.07, 6.45) is -1.32. The van der Waals surface area contributed by atoms with Gasteiger partial charge in [0.05, 0.1) is 30.7 Å². The summed E-state index contributed by atoms with van der Waals surface area (Å²) in [5, 5.41) is 0. The maximum absolute atomic E-state index is 13.7. The average Bonchev–Trinajstić information content (AvgIpc) is 3.14. The zero-order valence-corrected chi connectivity index (χ0v) is 18.0. The number of alkyl halides is 3. The van der Waals surface area contributed by atoms with Gasteiger partial charge in [0.2, 0.25) is 0 Å². The Morgan fingerprint density at radius 1 is 1.19 bits per heavy atom. The van der Waals surface area contributed by atoms with Crippen LogP contribution in [-0.4, -0.2) is 28.2 Å². The van der Waals surface area contributed by atoms with Crippen LogP contribution in [0, 0.1) is 24.0 Å². The summed E-state index contributed by atoms with van der Waals surface area (Å²) in [4.78, 5) is 28.4. The van der Waals surface area contributed by atoms with E-state index in [4.69, 9.17) is 4.74 Å². The molecule has 3 rings (SSSR count). The van der Waals surface area contributed by atoms with E-state index in [9.17, 15) is 22.8 Å². The first kappa shape index (κ1) is 23.3. The lowest BCUT2D eigenvalue weighted by atomic mass is 9.90. The summed E-state index contributed by atoms with van der Waals surface area (Å²) in [6, 6.07) is 11.3. The fourth-order valence-electron chi connectivity index (χ4n) is 3.61. The van der Waals surface area contributed by atoms with Gasteiger partial charge >= 0.3 is 12.1 Å². The maximum atomic E-state index is 13.7. The standard InChI is InChI=1S/C24H23F3N2O3/c1-15(2)20(23(31)32-3)10-9-19(30)12-18-14-29-13-17(16-7-5-4-6-8-16)11-21(22(29)28-18)24(25,26)27/h5,7-8,11,13-15,20H,9-10,12H2,1-3H3. The van der Waals surface area contributed by atoms with Crippen LogP contribution in [0.2, 0.25) is 0 Å². The van der Waals surface area contributed by atoms with Crippen molar-refractivity contribution in [1.82, 2.24) is 9.38 Å². The first-order valence-electron chi connectivity index (χ1n) is 10.2. The number of esters is 1. The number of hydrogen-bond acceptors (Lipinski definition) is 4. The Hall–Kier alpha value is -3.34. The Morgan fingerprint density at radius 2 is 1.94 bits per heavy atom. The number of ketones is 1. The van der Waals surface area contributed by atoms with Crippen molar-refractivity contribution in [2.24, 2.45) is 11.8 Å². The third-order valence-corrected chi connectivity index (χ3v) is 5.32. The monoisotopic (exact) mass is 444 g/mol. The molecule has 5 nitrogen and oxygen atoms in total. The number of hydrogen-bond donors (Lipinski definition) is 0. The van der Waals surface area contributed by atoms with Crippen molar-refractivity contribution in [3.05, 3.63) is 60.0 Å². The summed E-state index contributed by atoms with van der Waals surface area (Å²) in [7, 11) is 1.30. The van der Waals surface area contributed by atoms with E-state index >= 15 is 0 Å². The van der Waals surface area contributed by atoms with Crippen LogP contribution in [0.1, 0.15) is 37.9 Å². The van der Waals surface area contributed by atoms with Gasteiger partial charge in [-0.05, 0) is 47.7 Å². The lowest BCUT2D eigenvalue weighted by molar-refractivity contribution is -0.147. The Balaban J connectivity index is 1.85. The number of carbonyl (C=O) groups excluding carboxylic acids is 2. The maximum Gasteiger partial charge on any atom is 0.420 e. The second kappa shape index (κ2) is 9.43. The van der Waals surface area contributed by atoms with Crippen LogP contribution in [0.15, 0.2) is 36.7 Å². The predicted molar refractivity (Wildman–Crippen MR) is 112 cm³/mol. The number of halogens is 3. The van der Waals surface area contributed by atoms with Crippen LogP contribution in [0.25, 0.3) is 16.8 Å². The zero-order chi connectivity index (χ0) is 23.5. The topological polar surface area (TPSA) is 60.7 Å². The largest absolute Gasteiger partial charge is 0.469 e. The molecular formula is C24H23F3N2O3. The molecule has 0 radical (unpaired) electrons. The van der Waals surface area contributed by atoms with Gasteiger partial charge in [0.1, 0.15) is 11.4 Å². The number of Topliss-reactive ketones (excluding diaryl/α,β-unsaturated/α-hetero) is 1. The SMILES string of the molecule is COC(=O)C(CCC(=O)Cc1cn2cc(-c3cc#ccc3)cc(C(F)(F)F)c2n1)C(C)C. The van der Waals surface area contributed by atoms with Crippen LogP contribution in [0.3, 0.4) is 0 Å². The second-order valence-corrected chi connectivity index (χ2v) is 7.95. The van der Waals surface area contributed by atoms with Crippen molar-refractivity contribution < 1.29 is 27.5 Å². The molecule has 0 aliphatic rings. The molecule has 1 aromatic carbocycles. The summed E-state index contributed by atoms with van der Waals surface area (Å²) < 4.78 is 47.2. The van der Waals surface area contributed by atoms with Gasteiger partial charge in [0.25, 0.3) is 0 Å². The van der Waals surface area contributed by atoms with Crippen molar-refractivity contribution in [2.45, 2.75) is 39.3 Å². The van der Waals surface area contributed by atoms with E-state index in [2.05, 4.69) is 17.1 Å². The Bertz CT molecular complexity index is 1100. The Labute approximate surface area is 184 Å². The summed E-state index contributed by atoms with van der Waals surface area (Å²) in [5.74, 6) is -0.987. The molecule has 0 amide bonds. The molecule has 0 aliphatic carbocycles. The Kier molecular flexibility index (Phi) is 6.87. The van der Waals surface area contributed by atoms with E-state index in [1.165, 1.54) is 17.7 Å². The molecule has 1 atom stereocenters. The summed E-state index contributed by atoms with van der Waals surface area (Å²) in [5.41, 5.74) is 0.00947. The number of methoxy groups -OCH3 is 1. The summed E-state index contributed by atoms with van der Waals surface area (Å²) >= 11 is 0. The van der Waals surface area contributed by atoms with Gasteiger partial charge in [-0.15, -0.1) is 0 Å². The van der Waals surface area contributed by atoms with Crippen LogP contribution < -0.4 is 0 Å². The zero-order valence-electron chi connectivity index (χ0n) is 18.0. The highest BCUT2D eigenvalue weighted by molar-refractivity contribution is 5.81. The van der Waals surface area contributed by atoms with Crippen molar-refractivity contribution in [1.29, 1.82) is 0 Å². The van der Waals surface area contributed by atoms with E-state index in [1.807, 2.05) is 13.8 Å². The number of aromatic nitrogens is 2. The number of fused-ring (bicyclic) bond motifs is 1. The molecule has 0 spiro atoms. The van der Waals surface area contributed by atoms with Crippen LogP contribution in [-0.2, 0) is 26.9 Å². The molecule has 3 aromatic rings. The molecule has 2 aromatic heterocycles. The lowest BCUT2D eigenvalue weighted by Crippen LogP contribution is -2.22. The first-order valence-corrected chi connectivity index (χ1v) is 10.2. The molecule has 0 N–H and O–H groups in total. The van der Waals surface area contributed by atoms with Crippen molar-refractivity contribution in [3.8, 4) is 11.1 Å². The minimum absolute atomic E-state index is 0.00559. The molecule has 0 saturated carbocycles. The number of ether oxygens (including phenoxy) is 1.